The maximum Gasteiger partial charge on any atom is 0.149 e. The summed E-state index contributed by atoms with van der Waals surface area (Å²) in [6, 6.07) is 5.11. The molecule has 0 aliphatic heterocycles. The van der Waals surface area contributed by atoms with Crippen LogP contribution in [0.4, 0.5) is 4.39 Å². The van der Waals surface area contributed by atoms with Crippen molar-refractivity contribution in [2.75, 3.05) is 0 Å². The van der Waals surface area contributed by atoms with Crippen molar-refractivity contribution in [3.63, 3.8) is 0 Å². The Hall–Kier alpha value is -1.51. The van der Waals surface area contributed by atoms with Crippen LogP contribution in [0.2, 0.25) is 0 Å². The first-order chi connectivity index (χ1) is 16.0. The van der Waals surface area contributed by atoms with Crippen molar-refractivity contribution >= 4 is 10.9 Å². The molecule has 4 saturated carbocycles. The Morgan fingerprint density at radius 1 is 0.939 bits per heavy atom. The molecule has 0 N–H and O–H groups in total. The second-order valence-corrected chi connectivity index (χ2v) is 12.6. The van der Waals surface area contributed by atoms with Gasteiger partial charge in [-0.3, -0.25) is 0 Å². The number of rotatable bonds is 4. The number of benzene rings is 1. The maximum atomic E-state index is 14.1. The molecule has 0 spiro atoms. The Balaban J connectivity index is 1.12. The smallest absolute Gasteiger partial charge is 0.149 e. The number of aryl methyl sites for hydroxylation is 1. The fourth-order valence-electron chi connectivity index (χ4n) is 9.56. The van der Waals surface area contributed by atoms with Gasteiger partial charge in [0.1, 0.15) is 17.2 Å². The van der Waals surface area contributed by atoms with Crippen LogP contribution in [-0.2, 0) is 6.42 Å². The lowest BCUT2D eigenvalue weighted by Crippen LogP contribution is -2.52. The normalized spacial score (nSPS) is 40.3. The number of halogens is 1. The molecular weight excluding hydrogens is 407 g/mol. The van der Waals surface area contributed by atoms with Gasteiger partial charge in [0, 0.05) is 18.0 Å². The highest BCUT2D eigenvalue weighted by Crippen LogP contribution is 2.67. The number of nitrogens with zero attached hydrogens (tertiary/aromatic N) is 2. The van der Waals surface area contributed by atoms with Crippen LogP contribution in [-0.4, -0.2) is 9.97 Å². The van der Waals surface area contributed by atoms with Gasteiger partial charge in [-0.25, -0.2) is 14.4 Å². The van der Waals surface area contributed by atoms with Crippen LogP contribution >= 0.6 is 0 Å². The van der Waals surface area contributed by atoms with E-state index in [2.05, 4.69) is 23.8 Å². The molecule has 2 aromatic rings. The SMILES string of the molecule is CC12CCCCC1CCC1C2CCC2(C)C(CCCc3ncc4cccc(F)c4n3)CCC12. The van der Waals surface area contributed by atoms with E-state index in [0.717, 1.165) is 53.6 Å². The summed E-state index contributed by atoms with van der Waals surface area (Å²) in [5.74, 6) is 5.36. The summed E-state index contributed by atoms with van der Waals surface area (Å²) < 4.78 is 14.1. The van der Waals surface area contributed by atoms with Gasteiger partial charge in [0.25, 0.3) is 0 Å². The van der Waals surface area contributed by atoms with Crippen molar-refractivity contribution in [1.82, 2.24) is 9.97 Å². The van der Waals surface area contributed by atoms with Gasteiger partial charge in [0.15, 0.2) is 0 Å². The lowest BCUT2D eigenvalue weighted by atomic mass is 9.45. The van der Waals surface area contributed by atoms with Gasteiger partial charge in [0.05, 0.1) is 0 Å². The lowest BCUT2D eigenvalue weighted by molar-refractivity contribution is -0.111. The third-order valence-electron chi connectivity index (χ3n) is 11.3. The van der Waals surface area contributed by atoms with E-state index < -0.39 is 0 Å². The topological polar surface area (TPSA) is 25.8 Å². The van der Waals surface area contributed by atoms with E-state index in [1.54, 1.807) is 12.3 Å². The number of hydrogen-bond donors (Lipinski definition) is 0. The summed E-state index contributed by atoms with van der Waals surface area (Å²) in [6.07, 6.45) is 19.8. The minimum absolute atomic E-state index is 0.236. The molecule has 7 atom stereocenters. The summed E-state index contributed by atoms with van der Waals surface area (Å²) >= 11 is 0. The number of hydrogen-bond acceptors (Lipinski definition) is 2. The van der Waals surface area contributed by atoms with Crippen LogP contribution in [0.3, 0.4) is 0 Å². The van der Waals surface area contributed by atoms with E-state index in [-0.39, 0.29) is 5.82 Å². The number of fused-ring (bicyclic) bond motifs is 6. The predicted molar refractivity (Wildman–Crippen MR) is 132 cm³/mol. The zero-order valence-corrected chi connectivity index (χ0v) is 20.7. The van der Waals surface area contributed by atoms with E-state index in [1.165, 1.54) is 76.7 Å². The highest BCUT2D eigenvalue weighted by molar-refractivity contribution is 5.77. The number of aromatic nitrogens is 2. The van der Waals surface area contributed by atoms with Gasteiger partial charge >= 0.3 is 0 Å². The third-order valence-corrected chi connectivity index (χ3v) is 11.3. The van der Waals surface area contributed by atoms with Crippen molar-refractivity contribution in [1.29, 1.82) is 0 Å². The van der Waals surface area contributed by atoms with Crippen LogP contribution in [0.5, 0.6) is 0 Å². The van der Waals surface area contributed by atoms with E-state index in [0.29, 0.717) is 16.3 Å². The summed E-state index contributed by atoms with van der Waals surface area (Å²) in [4.78, 5) is 9.08. The maximum absolute atomic E-state index is 14.1. The van der Waals surface area contributed by atoms with Gasteiger partial charge in [-0.05, 0) is 111 Å². The summed E-state index contributed by atoms with van der Waals surface area (Å²) in [7, 11) is 0. The van der Waals surface area contributed by atoms with Crippen molar-refractivity contribution in [2.45, 2.75) is 97.3 Å². The quantitative estimate of drug-likeness (QED) is 0.472. The van der Waals surface area contributed by atoms with Crippen molar-refractivity contribution in [3.8, 4) is 0 Å². The fraction of sp³-hybridized carbons (Fsp3) is 0.733. The highest BCUT2D eigenvalue weighted by Gasteiger charge is 2.59. The van der Waals surface area contributed by atoms with Gasteiger partial charge < -0.3 is 0 Å². The largest absolute Gasteiger partial charge is 0.241 e. The Bertz CT molecular complexity index is 1020. The molecule has 0 amide bonds. The first-order valence-corrected chi connectivity index (χ1v) is 13.9. The minimum Gasteiger partial charge on any atom is -0.241 e. The molecule has 3 heteroatoms. The summed E-state index contributed by atoms with van der Waals surface area (Å²) in [6.45, 7) is 5.35. The Labute approximate surface area is 199 Å². The molecule has 2 nitrogen and oxygen atoms in total. The third kappa shape index (κ3) is 3.55. The molecule has 7 unspecified atom stereocenters. The first-order valence-electron chi connectivity index (χ1n) is 13.9. The monoisotopic (exact) mass is 448 g/mol. The molecule has 4 aliphatic carbocycles. The second kappa shape index (κ2) is 8.31. The van der Waals surface area contributed by atoms with Gasteiger partial charge in [-0.1, -0.05) is 38.8 Å². The van der Waals surface area contributed by atoms with Gasteiger partial charge in [0.2, 0.25) is 0 Å². The molecule has 0 saturated heterocycles. The van der Waals surface area contributed by atoms with E-state index in [1.807, 2.05) is 6.07 Å². The molecule has 4 fully saturated rings. The zero-order chi connectivity index (χ0) is 22.6. The van der Waals surface area contributed by atoms with Crippen LogP contribution in [0.25, 0.3) is 10.9 Å². The minimum atomic E-state index is -0.236. The van der Waals surface area contributed by atoms with Gasteiger partial charge in [-0.15, -0.1) is 0 Å². The standard InChI is InChI=1S/C30H41FN2/c1-29-17-4-3-8-21(29)12-14-23-24-15-13-22(30(24,2)18-16-25(23)29)9-6-11-27-32-19-20-7-5-10-26(31)28(20)33-27/h5,7,10,19,21-25H,3-4,6,8-9,11-18H2,1-2H3. The van der Waals surface area contributed by atoms with Crippen LogP contribution < -0.4 is 0 Å². The fourth-order valence-corrected chi connectivity index (χ4v) is 9.56. The molecule has 1 heterocycles. The van der Waals surface area contributed by atoms with Crippen molar-refractivity contribution in [2.24, 2.45) is 40.4 Å². The highest BCUT2D eigenvalue weighted by atomic mass is 19.1. The average molecular weight is 449 g/mol. The Morgan fingerprint density at radius 3 is 2.73 bits per heavy atom. The molecule has 0 bridgehead atoms. The molecular formula is C30H41FN2. The Kier molecular flexibility index (Phi) is 5.54. The number of para-hydroxylation sites is 1. The van der Waals surface area contributed by atoms with Crippen LogP contribution in [0.1, 0.15) is 96.7 Å². The summed E-state index contributed by atoms with van der Waals surface area (Å²) in [5, 5.41) is 0.794. The molecule has 6 rings (SSSR count). The van der Waals surface area contributed by atoms with Crippen molar-refractivity contribution < 1.29 is 4.39 Å². The molecule has 33 heavy (non-hydrogen) atoms. The van der Waals surface area contributed by atoms with E-state index >= 15 is 0 Å². The van der Waals surface area contributed by atoms with Gasteiger partial charge in [-0.2, -0.15) is 0 Å². The van der Waals surface area contributed by atoms with Crippen LogP contribution in [0, 0.1) is 46.2 Å². The molecule has 4 aliphatic rings. The summed E-state index contributed by atoms with van der Waals surface area (Å²) in [5.41, 5.74) is 1.65. The second-order valence-electron chi connectivity index (χ2n) is 12.6. The predicted octanol–water partition coefficient (Wildman–Crippen LogP) is 8.14. The molecule has 178 valence electrons. The zero-order valence-electron chi connectivity index (χ0n) is 20.7. The molecule has 0 radical (unpaired) electrons. The lowest BCUT2D eigenvalue weighted by Gasteiger charge is -2.60. The first kappa shape index (κ1) is 22.0. The van der Waals surface area contributed by atoms with Crippen molar-refractivity contribution in [3.05, 3.63) is 36.0 Å². The van der Waals surface area contributed by atoms with E-state index in [9.17, 15) is 4.39 Å². The van der Waals surface area contributed by atoms with Crippen LogP contribution in [0.15, 0.2) is 24.4 Å². The molecule has 1 aromatic carbocycles. The van der Waals surface area contributed by atoms with E-state index in [4.69, 9.17) is 0 Å². The Morgan fingerprint density at radius 2 is 1.82 bits per heavy atom. The molecule has 1 aromatic heterocycles. The average Bonchev–Trinajstić information content (AvgIpc) is 3.15.